The van der Waals surface area contributed by atoms with E-state index >= 15 is 0 Å². The first-order chi connectivity index (χ1) is 11.3. The van der Waals surface area contributed by atoms with Crippen LogP contribution in [0.5, 0.6) is 5.75 Å². The molecule has 5 nitrogen and oxygen atoms in total. The Morgan fingerprint density at radius 3 is 2.16 bits per heavy atom. The molecule has 0 saturated carbocycles. The lowest BCUT2D eigenvalue weighted by Crippen LogP contribution is -2.19. The van der Waals surface area contributed by atoms with E-state index in [2.05, 4.69) is 4.98 Å². The van der Waals surface area contributed by atoms with Gasteiger partial charge in [-0.2, -0.15) is 13.2 Å². The predicted molar refractivity (Wildman–Crippen MR) is 85.3 cm³/mol. The number of ether oxygens (including phenoxy) is 1. The zero-order valence-corrected chi connectivity index (χ0v) is 14.4. The van der Waals surface area contributed by atoms with Crippen LogP contribution in [0.3, 0.4) is 0 Å². The van der Waals surface area contributed by atoms with E-state index < -0.39 is 45.6 Å². The lowest BCUT2D eigenvalue weighted by atomic mass is 9.83. The third kappa shape index (κ3) is 3.08. The third-order valence-electron chi connectivity index (χ3n) is 3.94. The second kappa shape index (κ2) is 5.79. The summed E-state index contributed by atoms with van der Waals surface area (Å²) in [5.41, 5.74) is -1.93. The van der Waals surface area contributed by atoms with Gasteiger partial charge in [0.2, 0.25) is 0 Å². The number of hydrogen-bond acceptors (Lipinski definition) is 3. The normalized spacial score (nSPS) is 12.5. The van der Waals surface area contributed by atoms with Gasteiger partial charge in [0.05, 0.1) is 12.7 Å². The van der Waals surface area contributed by atoms with Crippen molar-refractivity contribution in [2.45, 2.75) is 39.3 Å². The maximum Gasteiger partial charge on any atom is 0.420 e. The Hall–Kier alpha value is -2.51. The molecule has 0 amide bonds. The molecule has 0 spiro atoms. The van der Waals surface area contributed by atoms with Crippen molar-refractivity contribution in [2.24, 2.45) is 0 Å². The fraction of sp³-hybridized carbons (Fsp3) is 0.412. The molecule has 0 radical (unpaired) electrons. The van der Waals surface area contributed by atoms with Gasteiger partial charge in [-0.3, -0.25) is 4.79 Å². The molecule has 136 valence electrons. The number of ketones is 1. The summed E-state index contributed by atoms with van der Waals surface area (Å²) in [5.74, 6) is -3.64. The number of Topliss-reactive ketones (excluding diaryl/α,β-unsaturated/α-hetero) is 1. The smallest absolute Gasteiger partial charge is 0.420 e. The van der Waals surface area contributed by atoms with Crippen LogP contribution in [0.25, 0.3) is 10.9 Å². The molecule has 0 fully saturated rings. The van der Waals surface area contributed by atoms with Crippen LogP contribution in [0, 0.1) is 6.92 Å². The Bertz CT molecular complexity index is 873. The minimum Gasteiger partial charge on any atom is -0.496 e. The number of alkyl halides is 3. The average molecular weight is 357 g/mol. The molecule has 0 aliphatic rings. The van der Waals surface area contributed by atoms with E-state index in [9.17, 15) is 22.8 Å². The molecule has 0 aliphatic heterocycles. The topological polar surface area (TPSA) is 79.4 Å². The maximum atomic E-state index is 13.8. The number of carboxylic acid groups (broad SMARTS) is 1. The monoisotopic (exact) mass is 357 g/mol. The van der Waals surface area contributed by atoms with Gasteiger partial charge in [0.15, 0.2) is 0 Å². The number of rotatable bonds is 3. The number of halogens is 3. The number of aryl methyl sites for hydroxylation is 1. The zero-order chi connectivity index (χ0) is 19.3. The average Bonchev–Trinajstić information content (AvgIpc) is 2.77. The van der Waals surface area contributed by atoms with Crippen LogP contribution < -0.4 is 4.74 Å². The molecule has 8 heteroatoms. The summed E-state index contributed by atoms with van der Waals surface area (Å²) in [5, 5.41) is 8.48. The molecule has 2 rings (SSSR count). The highest BCUT2D eigenvalue weighted by molar-refractivity contribution is 6.42. The Balaban J connectivity index is 3.11. The molecule has 0 unspecified atom stereocenters. The molecule has 1 heterocycles. The minimum absolute atomic E-state index is 0.0418. The van der Waals surface area contributed by atoms with Crippen molar-refractivity contribution in [3.05, 3.63) is 28.5 Å². The van der Waals surface area contributed by atoms with E-state index in [1.165, 1.54) is 13.0 Å². The van der Waals surface area contributed by atoms with Gasteiger partial charge in [-0.25, -0.2) is 4.79 Å². The third-order valence-corrected chi connectivity index (χ3v) is 3.94. The number of fused-ring (bicyclic) bond motifs is 1. The summed E-state index contributed by atoms with van der Waals surface area (Å²) in [6, 6.07) is 1.47. The summed E-state index contributed by atoms with van der Waals surface area (Å²) in [4.78, 5) is 25.7. The van der Waals surface area contributed by atoms with Gasteiger partial charge in [-0.05, 0) is 18.4 Å². The van der Waals surface area contributed by atoms with Gasteiger partial charge >= 0.3 is 12.1 Å². The maximum absolute atomic E-state index is 13.8. The van der Waals surface area contributed by atoms with E-state index in [4.69, 9.17) is 9.84 Å². The first kappa shape index (κ1) is 18.8. The fourth-order valence-corrected chi connectivity index (χ4v) is 2.91. The van der Waals surface area contributed by atoms with Crippen molar-refractivity contribution >= 4 is 22.7 Å². The molecule has 1 aromatic heterocycles. The number of H-pyrrole nitrogens is 1. The molecule has 25 heavy (non-hydrogen) atoms. The zero-order valence-electron chi connectivity index (χ0n) is 14.4. The SMILES string of the molecule is COc1c(C(C)(C)C)cc2[nH]c(C)c(C(=O)C(=O)O)c2c1C(F)(F)F. The summed E-state index contributed by atoms with van der Waals surface area (Å²) in [7, 11) is 1.11. The largest absolute Gasteiger partial charge is 0.496 e. The number of aromatic amines is 1. The molecule has 0 atom stereocenters. The van der Waals surface area contributed by atoms with Crippen molar-refractivity contribution in [1.82, 2.24) is 4.98 Å². The van der Waals surface area contributed by atoms with Gasteiger partial charge in [-0.15, -0.1) is 0 Å². The minimum atomic E-state index is -4.84. The van der Waals surface area contributed by atoms with Crippen LogP contribution in [0.2, 0.25) is 0 Å². The standard InChI is InChI=1S/C17H18F3NO4/c1-7-10(13(22)15(23)24)11-9(21-7)6-8(16(2,3)4)14(25-5)12(11)17(18,19)20/h6,21H,1-5H3,(H,23,24). The van der Waals surface area contributed by atoms with Crippen molar-refractivity contribution < 1.29 is 32.6 Å². The first-order valence-corrected chi connectivity index (χ1v) is 7.39. The van der Waals surface area contributed by atoms with Crippen LogP contribution >= 0.6 is 0 Å². The van der Waals surface area contributed by atoms with Crippen LogP contribution in [0.1, 0.15) is 48.0 Å². The van der Waals surface area contributed by atoms with E-state index in [0.717, 1.165) is 7.11 Å². The molecule has 0 bridgehead atoms. The molecule has 0 aliphatic carbocycles. The number of aromatic nitrogens is 1. The van der Waals surface area contributed by atoms with E-state index in [1.807, 2.05) is 0 Å². The Kier molecular flexibility index (Phi) is 4.36. The number of carboxylic acids is 1. The lowest BCUT2D eigenvalue weighted by molar-refractivity contribution is -0.137. The number of nitrogens with one attached hydrogen (secondary N) is 1. The van der Waals surface area contributed by atoms with Gasteiger partial charge in [0.25, 0.3) is 5.78 Å². The number of hydrogen-bond donors (Lipinski definition) is 2. The van der Waals surface area contributed by atoms with Crippen molar-refractivity contribution in [2.75, 3.05) is 7.11 Å². The van der Waals surface area contributed by atoms with Gasteiger partial charge in [0.1, 0.15) is 11.3 Å². The van der Waals surface area contributed by atoms with Gasteiger partial charge in [0, 0.05) is 22.2 Å². The van der Waals surface area contributed by atoms with Gasteiger partial charge in [-0.1, -0.05) is 20.8 Å². The summed E-state index contributed by atoms with van der Waals surface area (Å²) in [6.45, 7) is 6.56. The van der Waals surface area contributed by atoms with E-state index in [1.54, 1.807) is 20.8 Å². The quantitative estimate of drug-likeness (QED) is 0.641. The van der Waals surface area contributed by atoms with Crippen molar-refractivity contribution in [3.63, 3.8) is 0 Å². The lowest BCUT2D eigenvalue weighted by Gasteiger charge is -2.25. The summed E-state index contributed by atoms with van der Waals surface area (Å²) < 4.78 is 46.6. The number of benzene rings is 1. The van der Waals surface area contributed by atoms with Gasteiger partial charge < -0.3 is 14.8 Å². The van der Waals surface area contributed by atoms with Crippen LogP contribution in [-0.4, -0.2) is 29.0 Å². The second-order valence-corrected chi connectivity index (χ2v) is 6.76. The van der Waals surface area contributed by atoms with Crippen molar-refractivity contribution in [1.29, 1.82) is 0 Å². The number of methoxy groups -OCH3 is 1. The fourth-order valence-electron chi connectivity index (χ4n) is 2.91. The highest BCUT2D eigenvalue weighted by Gasteiger charge is 2.42. The Morgan fingerprint density at radius 2 is 1.76 bits per heavy atom. The Morgan fingerprint density at radius 1 is 1.20 bits per heavy atom. The predicted octanol–water partition coefficient (Wildman–Crippen LogP) is 4.07. The Labute approximate surface area is 141 Å². The highest BCUT2D eigenvalue weighted by atomic mass is 19.4. The summed E-state index contributed by atoms with van der Waals surface area (Å²) >= 11 is 0. The van der Waals surface area contributed by atoms with Crippen LogP contribution in [-0.2, 0) is 16.4 Å². The molecular formula is C17H18F3NO4. The first-order valence-electron chi connectivity index (χ1n) is 7.39. The molecule has 2 N–H and O–H groups in total. The molecule has 0 saturated heterocycles. The van der Waals surface area contributed by atoms with Crippen LogP contribution in [0.4, 0.5) is 13.2 Å². The highest BCUT2D eigenvalue weighted by Crippen LogP contribution is 2.47. The van der Waals surface area contributed by atoms with E-state index in [-0.39, 0.29) is 11.2 Å². The molecule has 2 aromatic rings. The molecule has 1 aromatic carbocycles. The number of carbonyl (C=O) groups excluding carboxylic acids is 1. The number of aliphatic carboxylic acids is 1. The second-order valence-electron chi connectivity index (χ2n) is 6.76. The van der Waals surface area contributed by atoms with E-state index in [0.29, 0.717) is 5.56 Å². The van der Waals surface area contributed by atoms with Crippen molar-refractivity contribution in [3.8, 4) is 5.75 Å². The summed E-state index contributed by atoms with van der Waals surface area (Å²) in [6.07, 6.45) is -4.84. The van der Waals surface area contributed by atoms with Crippen LogP contribution in [0.15, 0.2) is 6.07 Å². The number of carbonyl (C=O) groups is 2. The molecular weight excluding hydrogens is 339 g/mol.